The molecule has 1 aliphatic carbocycles. The van der Waals surface area contributed by atoms with Crippen LogP contribution in [0.1, 0.15) is 38.5 Å². The Morgan fingerprint density at radius 3 is 2.76 bits per heavy atom. The Morgan fingerprint density at radius 1 is 1.10 bits per heavy atom. The predicted octanol–water partition coefficient (Wildman–Crippen LogP) is 3.70. The third-order valence-electron chi connectivity index (χ3n) is 4.44. The number of nitrogens with one attached hydrogen (secondary N) is 1. The van der Waals surface area contributed by atoms with E-state index in [0.29, 0.717) is 6.61 Å². The van der Waals surface area contributed by atoms with E-state index in [-0.39, 0.29) is 12.1 Å². The number of rotatable bonds is 3. The number of hydrogen-bond acceptors (Lipinski definition) is 3. The van der Waals surface area contributed by atoms with Crippen molar-refractivity contribution in [3.63, 3.8) is 0 Å². The van der Waals surface area contributed by atoms with Crippen LogP contribution in [0.15, 0.2) is 35.9 Å². The summed E-state index contributed by atoms with van der Waals surface area (Å²) in [6.45, 7) is 0.611. The van der Waals surface area contributed by atoms with E-state index in [1.165, 1.54) is 44.1 Å². The molecule has 0 saturated heterocycles. The normalized spacial score (nSPS) is 26.1. The highest BCUT2D eigenvalue weighted by Gasteiger charge is 2.30. The van der Waals surface area contributed by atoms with Crippen LogP contribution in [-0.2, 0) is 0 Å². The van der Waals surface area contributed by atoms with Gasteiger partial charge in [0, 0.05) is 0 Å². The molecule has 1 N–H and O–H groups in total. The SMILES string of the molecule is CNC(/C1=C/CCCCCC1)C1COc2ccccc2O1. The minimum absolute atomic E-state index is 0.0515. The predicted molar refractivity (Wildman–Crippen MR) is 85.0 cm³/mol. The van der Waals surface area contributed by atoms with Gasteiger partial charge < -0.3 is 14.8 Å². The molecule has 0 saturated carbocycles. The van der Waals surface area contributed by atoms with Gasteiger partial charge in [0.2, 0.25) is 0 Å². The van der Waals surface area contributed by atoms with Crippen molar-refractivity contribution in [2.24, 2.45) is 0 Å². The molecule has 3 heteroatoms. The van der Waals surface area contributed by atoms with Gasteiger partial charge in [-0.25, -0.2) is 0 Å². The third kappa shape index (κ3) is 3.41. The maximum absolute atomic E-state index is 6.18. The zero-order chi connectivity index (χ0) is 14.5. The quantitative estimate of drug-likeness (QED) is 0.860. The molecule has 0 aromatic heterocycles. The summed E-state index contributed by atoms with van der Waals surface area (Å²) in [5.74, 6) is 1.72. The van der Waals surface area contributed by atoms with Crippen LogP contribution >= 0.6 is 0 Å². The van der Waals surface area contributed by atoms with Gasteiger partial charge in [-0.1, -0.05) is 36.6 Å². The molecule has 0 radical (unpaired) electrons. The van der Waals surface area contributed by atoms with Crippen molar-refractivity contribution in [3.8, 4) is 11.5 Å². The van der Waals surface area contributed by atoms with E-state index in [9.17, 15) is 0 Å². The highest BCUT2D eigenvalue weighted by molar-refractivity contribution is 5.41. The summed E-state index contributed by atoms with van der Waals surface area (Å²) in [6.07, 6.45) is 10.1. The highest BCUT2D eigenvalue weighted by Crippen LogP contribution is 2.33. The third-order valence-corrected chi connectivity index (χ3v) is 4.44. The van der Waals surface area contributed by atoms with Crippen molar-refractivity contribution in [1.82, 2.24) is 5.32 Å². The molecule has 1 aliphatic heterocycles. The largest absolute Gasteiger partial charge is 0.486 e. The van der Waals surface area contributed by atoms with Crippen LogP contribution in [0.4, 0.5) is 0 Å². The first-order chi connectivity index (χ1) is 10.4. The number of allylic oxidation sites excluding steroid dienone is 1. The molecule has 2 aliphatic rings. The van der Waals surface area contributed by atoms with Gasteiger partial charge in [-0.3, -0.25) is 0 Å². The Labute approximate surface area is 127 Å². The molecule has 114 valence electrons. The summed E-state index contributed by atoms with van der Waals surface area (Å²) < 4.78 is 12.1. The Bertz CT molecular complexity index is 498. The molecular formula is C18H25NO2. The van der Waals surface area contributed by atoms with Gasteiger partial charge in [0.05, 0.1) is 6.04 Å². The molecule has 2 unspecified atom stereocenters. The lowest BCUT2D eigenvalue weighted by Crippen LogP contribution is -2.47. The van der Waals surface area contributed by atoms with Gasteiger partial charge in [0.15, 0.2) is 17.6 Å². The average Bonchev–Trinajstić information content (AvgIpc) is 2.49. The van der Waals surface area contributed by atoms with E-state index in [2.05, 4.69) is 11.4 Å². The molecule has 3 rings (SSSR count). The van der Waals surface area contributed by atoms with E-state index < -0.39 is 0 Å². The smallest absolute Gasteiger partial charge is 0.161 e. The topological polar surface area (TPSA) is 30.5 Å². The Kier molecular flexibility index (Phi) is 4.81. The van der Waals surface area contributed by atoms with E-state index in [1.807, 2.05) is 31.3 Å². The fraction of sp³-hybridized carbons (Fsp3) is 0.556. The van der Waals surface area contributed by atoms with Crippen molar-refractivity contribution in [2.75, 3.05) is 13.7 Å². The molecule has 1 aromatic carbocycles. The second kappa shape index (κ2) is 6.99. The Morgan fingerprint density at radius 2 is 1.90 bits per heavy atom. The van der Waals surface area contributed by atoms with Crippen LogP contribution in [0.2, 0.25) is 0 Å². The summed E-state index contributed by atoms with van der Waals surface area (Å²) in [7, 11) is 2.02. The van der Waals surface area contributed by atoms with Gasteiger partial charge in [0.1, 0.15) is 6.61 Å². The van der Waals surface area contributed by atoms with Gasteiger partial charge in [-0.05, 0) is 44.9 Å². The molecule has 1 aromatic rings. The second-order valence-corrected chi connectivity index (χ2v) is 5.91. The van der Waals surface area contributed by atoms with Crippen molar-refractivity contribution in [3.05, 3.63) is 35.9 Å². The first-order valence-electron chi connectivity index (χ1n) is 8.13. The van der Waals surface area contributed by atoms with Gasteiger partial charge in [0.25, 0.3) is 0 Å². The van der Waals surface area contributed by atoms with Crippen LogP contribution in [0.5, 0.6) is 11.5 Å². The lowest BCUT2D eigenvalue weighted by Gasteiger charge is -2.34. The van der Waals surface area contributed by atoms with Crippen LogP contribution in [-0.4, -0.2) is 25.8 Å². The zero-order valence-corrected chi connectivity index (χ0v) is 12.8. The van der Waals surface area contributed by atoms with E-state index in [1.54, 1.807) is 0 Å². The van der Waals surface area contributed by atoms with Gasteiger partial charge >= 0.3 is 0 Å². The molecular weight excluding hydrogens is 262 g/mol. The van der Waals surface area contributed by atoms with Crippen molar-refractivity contribution in [2.45, 2.75) is 50.7 Å². The average molecular weight is 287 g/mol. The molecule has 0 bridgehead atoms. The van der Waals surface area contributed by atoms with E-state index >= 15 is 0 Å². The molecule has 0 amide bonds. The number of likely N-dealkylation sites (N-methyl/N-ethyl adjacent to an activating group) is 1. The first-order valence-corrected chi connectivity index (χ1v) is 8.13. The standard InChI is InChI=1S/C18H25NO2/c1-19-18(14-9-5-3-2-4-6-10-14)17-13-20-15-11-7-8-12-16(15)21-17/h7-9,11-12,17-19H,2-6,10,13H2,1H3/b14-9+. The summed E-state index contributed by atoms with van der Waals surface area (Å²) in [6, 6.07) is 8.18. The zero-order valence-electron chi connectivity index (χ0n) is 12.8. The first kappa shape index (κ1) is 14.5. The fourth-order valence-electron chi connectivity index (χ4n) is 3.31. The van der Waals surface area contributed by atoms with Crippen LogP contribution in [0.25, 0.3) is 0 Å². The number of ether oxygens (including phenoxy) is 2. The minimum atomic E-state index is 0.0515. The molecule has 21 heavy (non-hydrogen) atoms. The molecule has 0 fully saturated rings. The number of para-hydroxylation sites is 2. The summed E-state index contributed by atoms with van der Waals surface area (Å²) in [5, 5.41) is 3.45. The van der Waals surface area contributed by atoms with Crippen LogP contribution < -0.4 is 14.8 Å². The maximum Gasteiger partial charge on any atom is 0.161 e. The number of benzene rings is 1. The van der Waals surface area contributed by atoms with E-state index in [0.717, 1.165) is 11.5 Å². The summed E-state index contributed by atoms with van der Waals surface area (Å²) in [4.78, 5) is 0. The molecule has 2 atom stereocenters. The molecule has 3 nitrogen and oxygen atoms in total. The van der Waals surface area contributed by atoms with Crippen molar-refractivity contribution in [1.29, 1.82) is 0 Å². The Hall–Kier alpha value is -1.48. The number of fused-ring (bicyclic) bond motifs is 1. The van der Waals surface area contributed by atoms with E-state index in [4.69, 9.17) is 9.47 Å². The lowest BCUT2D eigenvalue weighted by molar-refractivity contribution is 0.0718. The number of hydrogen-bond donors (Lipinski definition) is 1. The minimum Gasteiger partial charge on any atom is -0.486 e. The second-order valence-electron chi connectivity index (χ2n) is 5.91. The highest BCUT2D eigenvalue weighted by atomic mass is 16.6. The Balaban J connectivity index is 1.74. The fourth-order valence-corrected chi connectivity index (χ4v) is 3.31. The van der Waals surface area contributed by atoms with Crippen molar-refractivity contribution >= 4 is 0 Å². The van der Waals surface area contributed by atoms with Gasteiger partial charge in [-0.15, -0.1) is 0 Å². The van der Waals surface area contributed by atoms with Gasteiger partial charge in [-0.2, -0.15) is 0 Å². The molecule has 1 heterocycles. The van der Waals surface area contributed by atoms with Crippen LogP contribution in [0.3, 0.4) is 0 Å². The summed E-state index contributed by atoms with van der Waals surface area (Å²) >= 11 is 0. The van der Waals surface area contributed by atoms with Crippen molar-refractivity contribution < 1.29 is 9.47 Å². The molecule has 0 spiro atoms. The van der Waals surface area contributed by atoms with Crippen LogP contribution in [0, 0.1) is 0 Å². The lowest BCUT2D eigenvalue weighted by atomic mass is 9.92. The summed E-state index contributed by atoms with van der Waals surface area (Å²) in [5.41, 5.74) is 1.49. The monoisotopic (exact) mass is 287 g/mol. The maximum atomic E-state index is 6.18.